The Morgan fingerprint density at radius 1 is 0.727 bits per heavy atom. The van der Waals surface area contributed by atoms with Crippen LogP contribution in [0.4, 0.5) is 30.7 Å². The van der Waals surface area contributed by atoms with Crippen LogP contribution in [-0.2, 0) is 24.0 Å². The van der Waals surface area contributed by atoms with Crippen molar-refractivity contribution in [3.63, 3.8) is 0 Å². The first kappa shape index (κ1) is 30.5. The maximum atomic E-state index is 14.1. The molecule has 3 aromatic rings. The van der Waals surface area contributed by atoms with Gasteiger partial charge < -0.3 is 10.2 Å². The van der Waals surface area contributed by atoms with Crippen LogP contribution in [0.15, 0.2) is 88.6 Å². The van der Waals surface area contributed by atoms with E-state index in [1.807, 2.05) is 0 Å². The minimum Gasteiger partial charge on any atom is -0.478 e. The average molecular weight is 641 g/mol. The summed E-state index contributed by atoms with van der Waals surface area (Å²) in [5.41, 5.74) is -3.54. The van der Waals surface area contributed by atoms with Crippen LogP contribution < -0.4 is 0 Å². The van der Waals surface area contributed by atoms with Crippen LogP contribution in [0.2, 0.25) is 0 Å². The molecule has 0 unspecified atom stereocenters. The molecule has 44 heavy (non-hydrogen) atoms. The number of hydrogen-bond donors (Lipinski definition) is 2. The highest BCUT2D eigenvalue weighted by molar-refractivity contribution is 7.87. The van der Waals surface area contributed by atoms with Gasteiger partial charge in [0.15, 0.2) is 0 Å². The number of carboxylic acids is 2. The highest BCUT2D eigenvalue weighted by Gasteiger charge is 2.80. The summed E-state index contributed by atoms with van der Waals surface area (Å²) in [6.45, 7) is 0. The lowest BCUT2D eigenvalue weighted by molar-refractivity contribution is -0.333. The number of oxime groups is 1. The van der Waals surface area contributed by atoms with Crippen molar-refractivity contribution in [1.82, 2.24) is 0 Å². The first-order chi connectivity index (χ1) is 20.4. The van der Waals surface area contributed by atoms with Gasteiger partial charge >= 0.3 is 39.4 Å². The predicted octanol–water partition coefficient (Wildman–Crippen LogP) is 6.12. The van der Waals surface area contributed by atoms with Crippen molar-refractivity contribution in [2.45, 2.75) is 17.4 Å². The number of carbonyl (C=O) groups is 2. The van der Waals surface area contributed by atoms with E-state index in [0.717, 1.165) is 0 Å². The fourth-order valence-electron chi connectivity index (χ4n) is 4.87. The van der Waals surface area contributed by atoms with Crippen molar-refractivity contribution in [2.24, 2.45) is 5.16 Å². The van der Waals surface area contributed by atoms with Crippen molar-refractivity contribution in [2.75, 3.05) is 0 Å². The van der Waals surface area contributed by atoms with Gasteiger partial charge in [-0.25, -0.2) is 9.59 Å². The monoisotopic (exact) mass is 641 g/mol. The Kier molecular flexibility index (Phi) is 6.95. The SMILES string of the molecule is O=C(O)C1=C(C(=O)O)C(c2cccc3ccccc23)=C2C(=Cc3ccccc32)C1=NOS(=O)(=O)C(F)(F)C(F)(F)C(F)(F)F. The summed E-state index contributed by atoms with van der Waals surface area (Å²) in [5, 5.41) is 17.3. The molecule has 3 aromatic carbocycles. The van der Waals surface area contributed by atoms with E-state index in [-0.39, 0.29) is 27.8 Å². The molecular weight excluding hydrogens is 627 g/mol. The summed E-state index contributed by atoms with van der Waals surface area (Å²) in [6, 6.07) is 17.2. The molecule has 0 fully saturated rings. The molecule has 2 aliphatic rings. The van der Waals surface area contributed by atoms with Crippen molar-refractivity contribution >= 4 is 55.8 Å². The second-order valence-electron chi connectivity index (χ2n) is 9.34. The number of nitrogens with zero attached hydrogens (tertiary/aromatic N) is 1. The number of allylic oxidation sites excluding steroid dienone is 2. The number of rotatable bonds is 7. The van der Waals surface area contributed by atoms with Gasteiger partial charge in [0.2, 0.25) is 0 Å². The van der Waals surface area contributed by atoms with Gasteiger partial charge in [0, 0.05) is 16.7 Å². The lowest BCUT2D eigenvalue weighted by Gasteiger charge is -2.27. The number of fused-ring (bicyclic) bond motifs is 4. The fraction of sp³-hybridized carbons (Fsp3) is 0.107. The molecule has 0 atom stereocenters. The zero-order valence-corrected chi connectivity index (χ0v) is 22.2. The molecular formula is C28H14F7NO7S. The van der Waals surface area contributed by atoms with Crippen molar-refractivity contribution < 1.29 is 63.2 Å². The summed E-state index contributed by atoms with van der Waals surface area (Å²) >= 11 is 0. The van der Waals surface area contributed by atoms with Crippen LogP contribution in [0, 0.1) is 0 Å². The summed E-state index contributed by atoms with van der Waals surface area (Å²) < 4.78 is 121. The lowest BCUT2D eigenvalue weighted by atomic mass is 9.77. The van der Waals surface area contributed by atoms with Gasteiger partial charge in [-0.05, 0) is 33.5 Å². The maximum absolute atomic E-state index is 14.1. The zero-order chi connectivity index (χ0) is 32.4. The molecule has 2 aliphatic carbocycles. The Morgan fingerprint density at radius 3 is 1.93 bits per heavy atom. The van der Waals surface area contributed by atoms with Gasteiger partial charge in [0.25, 0.3) is 0 Å². The van der Waals surface area contributed by atoms with E-state index < -0.39 is 61.8 Å². The second-order valence-corrected chi connectivity index (χ2v) is 10.9. The van der Waals surface area contributed by atoms with Gasteiger partial charge in [-0.1, -0.05) is 71.9 Å². The Bertz CT molecular complexity index is 2000. The molecule has 16 heteroatoms. The average Bonchev–Trinajstić information content (AvgIpc) is 3.33. The molecule has 5 rings (SSSR count). The Hall–Kier alpha value is -4.99. The minimum absolute atomic E-state index is 0.0773. The van der Waals surface area contributed by atoms with Crippen molar-refractivity contribution in [1.29, 1.82) is 0 Å². The van der Waals surface area contributed by atoms with Gasteiger partial charge in [-0.15, -0.1) is 0 Å². The molecule has 2 N–H and O–H groups in total. The van der Waals surface area contributed by atoms with Crippen LogP contribution in [0.5, 0.6) is 0 Å². The molecule has 0 amide bonds. The molecule has 0 saturated carbocycles. The normalized spacial score (nSPS) is 16.6. The van der Waals surface area contributed by atoms with Gasteiger partial charge in [0.1, 0.15) is 11.3 Å². The Balaban J connectivity index is 1.83. The van der Waals surface area contributed by atoms with Gasteiger partial charge in [-0.2, -0.15) is 39.2 Å². The maximum Gasteiger partial charge on any atom is 0.461 e. The number of halogens is 7. The van der Waals surface area contributed by atoms with Crippen molar-refractivity contribution in [3.05, 3.63) is 100 Å². The number of aliphatic carboxylic acids is 2. The van der Waals surface area contributed by atoms with Crippen molar-refractivity contribution in [3.8, 4) is 0 Å². The molecule has 0 spiro atoms. The number of benzene rings is 3. The summed E-state index contributed by atoms with van der Waals surface area (Å²) in [7, 11) is -7.27. The molecule has 8 nitrogen and oxygen atoms in total. The first-order valence-electron chi connectivity index (χ1n) is 12.0. The Labute approximate surface area is 241 Å². The van der Waals surface area contributed by atoms with E-state index >= 15 is 0 Å². The van der Waals surface area contributed by atoms with Crippen LogP contribution in [0.1, 0.15) is 16.7 Å². The first-order valence-corrected chi connectivity index (χ1v) is 13.4. The topological polar surface area (TPSA) is 130 Å². The minimum atomic E-state index is -7.27. The molecule has 0 aromatic heterocycles. The van der Waals surface area contributed by atoms with Gasteiger partial charge in [0.05, 0.1) is 5.57 Å². The molecule has 0 radical (unpaired) electrons. The molecule has 228 valence electrons. The standard InChI is InChI=1S/C28H14F7NO7S/c29-26(30,27(31,32)33)28(34,35)44(41,42)43-36-23-18-12-14-7-2-4-10-16(14)19(18)20(21(24(37)38)22(23)25(39)40)17-11-5-8-13-6-1-3-9-15(13)17/h1-12H,(H,37,38)(H,39,40). The fourth-order valence-corrected chi connectivity index (χ4v) is 5.56. The molecule has 0 aliphatic heterocycles. The number of alkyl halides is 7. The highest BCUT2D eigenvalue weighted by Crippen LogP contribution is 2.51. The predicted molar refractivity (Wildman–Crippen MR) is 141 cm³/mol. The van der Waals surface area contributed by atoms with E-state index in [1.165, 1.54) is 42.5 Å². The van der Waals surface area contributed by atoms with Crippen LogP contribution in [0.3, 0.4) is 0 Å². The van der Waals surface area contributed by atoms with E-state index in [0.29, 0.717) is 10.8 Å². The third kappa shape index (κ3) is 4.44. The van der Waals surface area contributed by atoms with E-state index in [2.05, 4.69) is 9.44 Å². The third-order valence-corrected chi connectivity index (χ3v) is 7.95. The largest absolute Gasteiger partial charge is 0.478 e. The molecule has 0 heterocycles. The quantitative estimate of drug-likeness (QED) is 0.235. The van der Waals surface area contributed by atoms with Crippen LogP contribution in [0.25, 0.3) is 28.0 Å². The second kappa shape index (κ2) is 10.0. The third-order valence-electron chi connectivity index (χ3n) is 6.79. The van der Waals surface area contributed by atoms with E-state index in [1.54, 1.807) is 30.3 Å². The van der Waals surface area contributed by atoms with Gasteiger partial charge in [-0.3, -0.25) is 4.28 Å². The number of hydrogen-bond acceptors (Lipinski definition) is 6. The molecule has 0 saturated heterocycles. The molecule has 0 bridgehead atoms. The smallest absolute Gasteiger partial charge is 0.461 e. The van der Waals surface area contributed by atoms with E-state index in [4.69, 9.17) is 0 Å². The number of carboxylic acid groups (broad SMARTS) is 2. The summed E-state index contributed by atoms with van der Waals surface area (Å²) in [6.07, 6.45) is -5.87. The van der Waals surface area contributed by atoms with Crippen LogP contribution >= 0.6 is 0 Å². The van der Waals surface area contributed by atoms with E-state index in [9.17, 15) is 59.0 Å². The highest BCUT2D eigenvalue weighted by atomic mass is 32.2. The lowest BCUT2D eigenvalue weighted by Crippen LogP contribution is -2.56. The van der Waals surface area contributed by atoms with Crippen LogP contribution in [-0.4, -0.2) is 53.6 Å². The zero-order valence-electron chi connectivity index (χ0n) is 21.4. The summed E-state index contributed by atoms with van der Waals surface area (Å²) in [4.78, 5) is 25.2. The Morgan fingerprint density at radius 2 is 1.30 bits per heavy atom. The summed E-state index contributed by atoms with van der Waals surface area (Å²) in [5.74, 6) is -11.2.